The molecular weight excluding hydrogens is 307 g/mol. The van der Waals surface area contributed by atoms with Crippen molar-refractivity contribution in [3.05, 3.63) is 65.2 Å². The van der Waals surface area contributed by atoms with Gasteiger partial charge in [0.1, 0.15) is 6.10 Å². The minimum atomic E-state index is -4.49. The first kappa shape index (κ1) is 15.6. The van der Waals surface area contributed by atoms with E-state index in [1.54, 1.807) is 12.1 Å². The lowest BCUT2D eigenvalue weighted by molar-refractivity contribution is -0.137. The largest absolute Gasteiger partial charge is 0.418 e. The molecule has 0 heterocycles. The lowest BCUT2D eigenvalue weighted by atomic mass is 9.89. The van der Waals surface area contributed by atoms with Gasteiger partial charge < -0.3 is 0 Å². The molecular formula is C17H14F3NO2. The molecule has 0 bridgehead atoms. The Morgan fingerprint density at radius 3 is 2.52 bits per heavy atom. The number of hydrogen-bond donors (Lipinski definition) is 1. The molecule has 3 nitrogen and oxygen atoms in total. The van der Waals surface area contributed by atoms with Gasteiger partial charge in [0.15, 0.2) is 5.78 Å². The molecule has 0 spiro atoms. The van der Waals surface area contributed by atoms with Crippen molar-refractivity contribution in [1.29, 1.82) is 0 Å². The van der Waals surface area contributed by atoms with Crippen molar-refractivity contribution in [2.24, 2.45) is 0 Å². The summed E-state index contributed by atoms with van der Waals surface area (Å²) in [5.74, 6) is -0.219. The van der Waals surface area contributed by atoms with Crippen molar-refractivity contribution in [1.82, 2.24) is 0 Å². The van der Waals surface area contributed by atoms with Gasteiger partial charge in [0.2, 0.25) is 0 Å². The molecule has 1 aliphatic carbocycles. The third-order valence-corrected chi connectivity index (χ3v) is 3.79. The Labute approximate surface area is 131 Å². The van der Waals surface area contributed by atoms with E-state index in [1.807, 2.05) is 12.1 Å². The molecule has 1 aliphatic rings. The Balaban J connectivity index is 1.74. The number of alkyl halides is 3. The highest BCUT2D eigenvalue weighted by atomic mass is 19.4. The van der Waals surface area contributed by atoms with Crippen LogP contribution in [0.5, 0.6) is 0 Å². The molecule has 0 saturated heterocycles. The van der Waals surface area contributed by atoms with E-state index in [9.17, 15) is 18.0 Å². The van der Waals surface area contributed by atoms with Crippen LogP contribution >= 0.6 is 0 Å². The van der Waals surface area contributed by atoms with Crippen LogP contribution in [0.2, 0.25) is 0 Å². The summed E-state index contributed by atoms with van der Waals surface area (Å²) in [7, 11) is 0. The topological polar surface area (TPSA) is 38.3 Å². The maximum atomic E-state index is 12.9. The van der Waals surface area contributed by atoms with Gasteiger partial charge in [-0.1, -0.05) is 36.4 Å². The highest BCUT2D eigenvalue weighted by molar-refractivity contribution is 6.01. The van der Waals surface area contributed by atoms with E-state index < -0.39 is 17.8 Å². The maximum Gasteiger partial charge on any atom is 0.418 e. The third-order valence-electron chi connectivity index (χ3n) is 3.79. The number of fused-ring (bicyclic) bond motifs is 1. The molecule has 1 unspecified atom stereocenters. The van der Waals surface area contributed by atoms with Gasteiger partial charge in [-0.3, -0.25) is 15.1 Å². The minimum Gasteiger partial charge on any atom is -0.291 e. The summed E-state index contributed by atoms with van der Waals surface area (Å²) >= 11 is 0. The van der Waals surface area contributed by atoms with Gasteiger partial charge in [-0.15, -0.1) is 0 Å². The highest BCUT2D eigenvalue weighted by Gasteiger charge is 2.34. The fraction of sp³-hybridized carbons (Fsp3) is 0.235. The van der Waals surface area contributed by atoms with Crippen LogP contribution in [0, 0.1) is 0 Å². The molecule has 2 aromatic carbocycles. The highest BCUT2D eigenvalue weighted by Crippen LogP contribution is 2.35. The van der Waals surface area contributed by atoms with Crippen molar-refractivity contribution in [3.8, 4) is 0 Å². The Kier molecular flexibility index (Phi) is 4.09. The first-order valence-corrected chi connectivity index (χ1v) is 7.17. The van der Waals surface area contributed by atoms with E-state index in [1.165, 1.54) is 18.2 Å². The number of ketones is 1. The maximum absolute atomic E-state index is 12.9. The summed E-state index contributed by atoms with van der Waals surface area (Å²) in [6.45, 7) is 0. The van der Waals surface area contributed by atoms with E-state index in [0.29, 0.717) is 18.4 Å². The summed E-state index contributed by atoms with van der Waals surface area (Å²) in [6, 6.07) is 12.2. The number of aryl methyl sites for hydroxylation is 1. The molecule has 3 rings (SSSR count). The number of benzene rings is 2. The average molecular weight is 321 g/mol. The SMILES string of the molecule is O=C1c2ccccc2CCC1ONc1ccccc1C(F)(F)F. The van der Waals surface area contributed by atoms with Crippen LogP contribution in [-0.2, 0) is 17.4 Å². The number of Topliss-reactive ketones (excluding diaryl/α,β-unsaturated/α-hetero) is 1. The number of carbonyl (C=O) groups is 1. The molecule has 0 amide bonds. The number of nitrogens with one attached hydrogen (secondary N) is 1. The fourth-order valence-electron chi connectivity index (χ4n) is 2.64. The van der Waals surface area contributed by atoms with Crippen LogP contribution in [0.4, 0.5) is 18.9 Å². The lowest BCUT2D eigenvalue weighted by Crippen LogP contribution is -2.32. The zero-order valence-corrected chi connectivity index (χ0v) is 12.1. The monoisotopic (exact) mass is 321 g/mol. The van der Waals surface area contributed by atoms with Crippen LogP contribution in [0.25, 0.3) is 0 Å². The first-order chi connectivity index (χ1) is 11.0. The zero-order valence-electron chi connectivity index (χ0n) is 12.1. The number of anilines is 1. The lowest BCUT2D eigenvalue weighted by Gasteiger charge is -2.24. The van der Waals surface area contributed by atoms with E-state index in [4.69, 9.17) is 4.84 Å². The van der Waals surface area contributed by atoms with E-state index in [-0.39, 0.29) is 11.5 Å². The predicted octanol–water partition coefficient (Wildman–Crippen LogP) is 4.25. The van der Waals surface area contributed by atoms with E-state index in [2.05, 4.69) is 5.48 Å². The standard InChI is InChI=1S/C17H14F3NO2/c18-17(19,20)13-7-3-4-8-14(13)21-23-15-10-9-11-5-1-2-6-12(11)16(15)22/h1-8,15,21H,9-10H2. The van der Waals surface area contributed by atoms with Crippen LogP contribution < -0.4 is 5.48 Å². The Morgan fingerprint density at radius 1 is 1.04 bits per heavy atom. The Bertz CT molecular complexity index is 728. The molecule has 0 aliphatic heterocycles. The summed E-state index contributed by atoms with van der Waals surface area (Å²) in [5, 5.41) is 0. The second-order valence-electron chi connectivity index (χ2n) is 5.31. The molecule has 0 saturated carbocycles. The molecule has 0 radical (unpaired) electrons. The van der Waals surface area contributed by atoms with Gasteiger partial charge in [0, 0.05) is 5.56 Å². The van der Waals surface area contributed by atoms with Gasteiger partial charge in [-0.2, -0.15) is 13.2 Å². The second-order valence-corrected chi connectivity index (χ2v) is 5.31. The molecule has 120 valence electrons. The van der Waals surface area contributed by atoms with E-state index in [0.717, 1.165) is 11.6 Å². The number of para-hydroxylation sites is 1. The van der Waals surface area contributed by atoms with Crippen LogP contribution in [0.3, 0.4) is 0 Å². The quantitative estimate of drug-likeness (QED) is 0.859. The fourth-order valence-corrected chi connectivity index (χ4v) is 2.64. The van der Waals surface area contributed by atoms with Gasteiger partial charge in [0.25, 0.3) is 0 Å². The number of rotatable bonds is 3. The average Bonchev–Trinajstić information content (AvgIpc) is 2.54. The summed E-state index contributed by atoms with van der Waals surface area (Å²) in [4.78, 5) is 17.6. The van der Waals surface area contributed by atoms with Gasteiger partial charge in [0.05, 0.1) is 11.3 Å². The first-order valence-electron chi connectivity index (χ1n) is 7.17. The Morgan fingerprint density at radius 2 is 1.74 bits per heavy atom. The van der Waals surface area contributed by atoms with Crippen LogP contribution in [0.15, 0.2) is 48.5 Å². The van der Waals surface area contributed by atoms with Gasteiger partial charge in [-0.25, -0.2) is 0 Å². The van der Waals surface area contributed by atoms with Crippen LogP contribution in [0.1, 0.15) is 27.9 Å². The molecule has 6 heteroatoms. The van der Waals surface area contributed by atoms with Crippen molar-refractivity contribution in [2.75, 3.05) is 5.48 Å². The molecule has 23 heavy (non-hydrogen) atoms. The van der Waals surface area contributed by atoms with Crippen molar-refractivity contribution in [2.45, 2.75) is 25.1 Å². The molecule has 1 N–H and O–H groups in total. The van der Waals surface area contributed by atoms with Gasteiger partial charge >= 0.3 is 6.18 Å². The van der Waals surface area contributed by atoms with Crippen molar-refractivity contribution >= 4 is 11.5 Å². The van der Waals surface area contributed by atoms with Gasteiger partial charge in [-0.05, 0) is 30.5 Å². The predicted molar refractivity (Wildman–Crippen MR) is 79.0 cm³/mol. The number of carbonyl (C=O) groups excluding carboxylic acids is 1. The normalized spacial score (nSPS) is 17.7. The summed E-state index contributed by atoms with van der Waals surface area (Å²) in [6.07, 6.45) is -4.21. The Hall–Kier alpha value is -2.34. The zero-order chi connectivity index (χ0) is 16.4. The molecule has 0 fully saturated rings. The van der Waals surface area contributed by atoms with Crippen molar-refractivity contribution < 1.29 is 22.8 Å². The minimum absolute atomic E-state index is 0.202. The third kappa shape index (κ3) is 3.22. The van der Waals surface area contributed by atoms with E-state index >= 15 is 0 Å². The number of hydrogen-bond acceptors (Lipinski definition) is 3. The summed E-state index contributed by atoms with van der Waals surface area (Å²) in [5.41, 5.74) is 2.78. The second kappa shape index (κ2) is 6.04. The molecule has 1 atom stereocenters. The number of halogens is 3. The van der Waals surface area contributed by atoms with Crippen LogP contribution in [-0.4, -0.2) is 11.9 Å². The van der Waals surface area contributed by atoms with Crippen molar-refractivity contribution in [3.63, 3.8) is 0 Å². The summed E-state index contributed by atoms with van der Waals surface area (Å²) < 4.78 is 38.8. The molecule has 0 aromatic heterocycles. The molecule has 2 aromatic rings. The smallest absolute Gasteiger partial charge is 0.291 e.